The van der Waals surface area contributed by atoms with Gasteiger partial charge in [0, 0.05) is 0 Å². The van der Waals surface area contributed by atoms with Gasteiger partial charge in [0.05, 0.1) is 9.80 Å². The average Bonchev–Trinajstić information content (AvgIpc) is 3.05. The monoisotopic (exact) mass is 457 g/mol. The standard InChI is InChI=1S/C22H23N3O4S2/c1-14(2)19(21(27)25-31(28,29)17-11-9-15(3)10-12-17)23-22-24-20(26)18(30-22)13-16-7-5-4-6-8-16/h4-14,19H,1-3H3,(H,25,27)(H,23,24,26)/b18-13-/t19-/m0/s1. The fourth-order valence-corrected chi connectivity index (χ4v) is 4.65. The molecule has 0 unspecified atom stereocenters. The molecule has 2 aromatic carbocycles. The predicted octanol–water partition coefficient (Wildman–Crippen LogP) is 3.08. The van der Waals surface area contributed by atoms with E-state index >= 15 is 0 Å². The van der Waals surface area contributed by atoms with Crippen LogP contribution in [0.1, 0.15) is 25.0 Å². The lowest BCUT2D eigenvalue weighted by Crippen LogP contribution is -2.41. The Labute approximate surface area is 186 Å². The number of amidine groups is 1. The zero-order valence-electron chi connectivity index (χ0n) is 17.3. The largest absolute Gasteiger partial charge is 0.301 e. The highest BCUT2D eigenvalue weighted by Crippen LogP contribution is 2.27. The average molecular weight is 458 g/mol. The molecule has 2 amide bonds. The van der Waals surface area contributed by atoms with Crippen LogP contribution in [0.25, 0.3) is 6.08 Å². The summed E-state index contributed by atoms with van der Waals surface area (Å²) in [7, 11) is -4.02. The molecule has 1 aliphatic rings. The topological polar surface area (TPSA) is 105 Å². The Kier molecular flexibility index (Phi) is 6.97. The summed E-state index contributed by atoms with van der Waals surface area (Å²) in [6.45, 7) is 5.36. The van der Waals surface area contributed by atoms with Crippen LogP contribution in [0.3, 0.4) is 0 Å². The molecule has 1 fully saturated rings. The summed E-state index contributed by atoms with van der Waals surface area (Å²) >= 11 is 1.11. The summed E-state index contributed by atoms with van der Waals surface area (Å²) in [5, 5.41) is 2.90. The predicted molar refractivity (Wildman–Crippen MR) is 123 cm³/mol. The minimum atomic E-state index is -4.02. The normalized spacial score (nSPS) is 17.7. The first-order valence-corrected chi connectivity index (χ1v) is 11.9. The van der Waals surface area contributed by atoms with E-state index in [0.717, 1.165) is 22.9 Å². The van der Waals surface area contributed by atoms with Gasteiger partial charge in [-0.3, -0.25) is 9.59 Å². The van der Waals surface area contributed by atoms with Crippen molar-refractivity contribution in [3.63, 3.8) is 0 Å². The quantitative estimate of drug-likeness (QED) is 0.649. The van der Waals surface area contributed by atoms with E-state index in [1.807, 2.05) is 37.3 Å². The number of carbonyl (C=O) groups excluding carboxylic acids is 2. The van der Waals surface area contributed by atoms with Crippen molar-refractivity contribution in [1.29, 1.82) is 0 Å². The van der Waals surface area contributed by atoms with Gasteiger partial charge in [0.25, 0.3) is 21.8 Å². The lowest BCUT2D eigenvalue weighted by Gasteiger charge is -2.17. The molecular weight excluding hydrogens is 434 g/mol. The molecule has 3 rings (SSSR count). The highest BCUT2D eigenvalue weighted by molar-refractivity contribution is 8.18. The molecule has 0 bridgehead atoms. The SMILES string of the molecule is Cc1ccc(S(=O)(=O)NC(=O)[C@@H](N=C2NC(=O)/C(=C/c3ccccc3)S2)C(C)C)cc1. The maximum atomic E-state index is 12.7. The second-order valence-electron chi connectivity index (χ2n) is 7.38. The van der Waals surface area contributed by atoms with Crippen molar-refractivity contribution in [1.82, 2.24) is 10.0 Å². The van der Waals surface area contributed by atoms with Crippen LogP contribution in [0.2, 0.25) is 0 Å². The number of nitrogens with zero attached hydrogens (tertiary/aromatic N) is 1. The lowest BCUT2D eigenvalue weighted by atomic mass is 10.1. The smallest absolute Gasteiger partial charge is 0.264 e. The summed E-state index contributed by atoms with van der Waals surface area (Å²) in [6, 6.07) is 14.6. The highest BCUT2D eigenvalue weighted by atomic mass is 32.2. The van der Waals surface area contributed by atoms with Crippen molar-refractivity contribution >= 4 is 44.8 Å². The number of amides is 2. The van der Waals surface area contributed by atoms with Crippen LogP contribution in [-0.4, -0.2) is 31.4 Å². The van der Waals surface area contributed by atoms with Gasteiger partial charge in [-0.05, 0) is 48.4 Å². The zero-order chi connectivity index (χ0) is 22.6. The third-order valence-corrected chi connectivity index (χ3v) is 6.76. The molecule has 0 saturated carbocycles. The first-order chi connectivity index (χ1) is 14.7. The number of sulfonamides is 1. The molecule has 7 nitrogen and oxygen atoms in total. The van der Waals surface area contributed by atoms with E-state index in [4.69, 9.17) is 0 Å². The van der Waals surface area contributed by atoms with Crippen LogP contribution in [0.15, 0.2) is 69.4 Å². The number of hydrogen-bond acceptors (Lipinski definition) is 6. The molecule has 2 aromatic rings. The third kappa shape index (κ3) is 5.83. The molecular formula is C22H23N3O4S2. The summed E-state index contributed by atoms with van der Waals surface area (Å²) in [5.41, 5.74) is 1.77. The van der Waals surface area contributed by atoms with Crippen LogP contribution >= 0.6 is 11.8 Å². The van der Waals surface area contributed by atoms with E-state index in [1.54, 1.807) is 32.1 Å². The number of aryl methyl sites for hydroxylation is 1. The van der Waals surface area contributed by atoms with Gasteiger partial charge in [0.2, 0.25) is 0 Å². The van der Waals surface area contributed by atoms with Crippen LogP contribution in [-0.2, 0) is 19.6 Å². The zero-order valence-corrected chi connectivity index (χ0v) is 19.0. The number of hydrogen-bond donors (Lipinski definition) is 2. The van der Waals surface area contributed by atoms with Crippen LogP contribution in [0.4, 0.5) is 0 Å². The summed E-state index contributed by atoms with van der Waals surface area (Å²) in [5.74, 6) is -1.36. The van der Waals surface area contributed by atoms with E-state index in [2.05, 4.69) is 15.0 Å². The molecule has 1 atom stereocenters. The van der Waals surface area contributed by atoms with Crippen molar-refractivity contribution in [3.05, 3.63) is 70.6 Å². The Morgan fingerprint density at radius 1 is 1.10 bits per heavy atom. The molecule has 1 aliphatic heterocycles. The first kappa shape index (κ1) is 22.8. The summed E-state index contributed by atoms with van der Waals surface area (Å²) in [4.78, 5) is 29.8. The Bertz CT molecular complexity index is 1140. The van der Waals surface area contributed by atoms with Crippen LogP contribution in [0, 0.1) is 12.8 Å². The number of benzene rings is 2. The molecule has 0 aliphatic carbocycles. The molecule has 1 saturated heterocycles. The molecule has 9 heteroatoms. The van der Waals surface area contributed by atoms with E-state index in [9.17, 15) is 18.0 Å². The van der Waals surface area contributed by atoms with Gasteiger partial charge in [-0.15, -0.1) is 0 Å². The molecule has 1 heterocycles. The Hall–Kier alpha value is -2.91. The van der Waals surface area contributed by atoms with Crippen molar-refractivity contribution in [3.8, 4) is 0 Å². The molecule has 0 aromatic heterocycles. The maximum absolute atomic E-state index is 12.7. The Balaban J connectivity index is 1.78. The Morgan fingerprint density at radius 3 is 2.35 bits per heavy atom. The molecule has 0 radical (unpaired) electrons. The fourth-order valence-electron chi connectivity index (χ4n) is 2.79. The number of carbonyl (C=O) groups is 2. The second kappa shape index (κ2) is 9.49. The molecule has 31 heavy (non-hydrogen) atoms. The van der Waals surface area contributed by atoms with E-state index in [1.165, 1.54) is 12.1 Å². The minimum Gasteiger partial charge on any atom is -0.301 e. The van der Waals surface area contributed by atoms with E-state index in [0.29, 0.717) is 4.91 Å². The lowest BCUT2D eigenvalue weighted by molar-refractivity contribution is -0.121. The van der Waals surface area contributed by atoms with Crippen molar-refractivity contribution in [2.45, 2.75) is 31.7 Å². The van der Waals surface area contributed by atoms with E-state index < -0.39 is 22.0 Å². The van der Waals surface area contributed by atoms with Crippen LogP contribution < -0.4 is 10.0 Å². The van der Waals surface area contributed by atoms with Gasteiger partial charge < -0.3 is 5.32 Å². The molecule has 2 N–H and O–H groups in total. The minimum absolute atomic E-state index is 0.00164. The molecule has 0 spiro atoms. The van der Waals surface area contributed by atoms with E-state index in [-0.39, 0.29) is 21.9 Å². The first-order valence-electron chi connectivity index (χ1n) is 9.63. The maximum Gasteiger partial charge on any atom is 0.264 e. The fraction of sp³-hybridized carbons (Fsp3) is 0.227. The van der Waals surface area contributed by atoms with Gasteiger partial charge in [-0.2, -0.15) is 0 Å². The van der Waals surface area contributed by atoms with Crippen molar-refractivity contribution < 1.29 is 18.0 Å². The summed E-state index contributed by atoms with van der Waals surface area (Å²) < 4.78 is 27.2. The third-order valence-electron chi connectivity index (χ3n) is 4.47. The number of rotatable bonds is 6. The number of nitrogens with one attached hydrogen (secondary N) is 2. The van der Waals surface area contributed by atoms with Crippen molar-refractivity contribution in [2.75, 3.05) is 0 Å². The van der Waals surface area contributed by atoms with Gasteiger partial charge in [-0.25, -0.2) is 18.1 Å². The van der Waals surface area contributed by atoms with Gasteiger partial charge in [-0.1, -0.05) is 61.9 Å². The number of aliphatic imine (C=N–C) groups is 1. The second-order valence-corrected chi connectivity index (χ2v) is 10.1. The van der Waals surface area contributed by atoms with Gasteiger partial charge >= 0.3 is 0 Å². The number of thioether (sulfide) groups is 1. The highest BCUT2D eigenvalue weighted by Gasteiger charge is 2.30. The van der Waals surface area contributed by atoms with Gasteiger partial charge in [0.15, 0.2) is 5.17 Å². The van der Waals surface area contributed by atoms with Crippen molar-refractivity contribution in [2.24, 2.45) is 10.9 Å². The summed E-state index contributed by atoms with van der Waals surface area (Å²) in [6.07, 6.45) is 1.73. The van der Waals surface area contributed by atoms with Crippen LogP contribution in [0.5, 0.6) is 0 Å². The van der Waals surface area contributed by atoms with Gasteiger partial charge in [0.1, 0.15) is 6.04 Å². The Morgan fingerprint density at radius 2 is 1.74 bits per heavy atom. The molecule has 162 valence electrons.